The Morgan fingerprint density at radius 3 is 2.70 bits per heavy atom. The molecule has 0 N–H and O–H groups in total. The number of nitrogens with zero attached hydrogens (tertiary/aromatic N) is 3. The monoisotopic (exact) mass is 395 g/mol. The lowest BCUT2D eigenvalue weighted by atomic mass is 10.2. The number of hydrogen-bond donors (Lipinski definition) is 0. The smallest absolute Gasteiger partial charge is 0.387 e. The van der Waals surface area contributed by atoms with Crippen molar-refractivity contribution < 1.29 is 27.1 Å². The van der Waals surface area contributed by atoms with Gasteiger partial charge in [-0.05, 0) is 29.8 Å². The molecule has 3 aromatic rings. The molecule has 2 heterocycles. The molecular weight excluding hydrogens is 380 g/mol. The van der Waals surface area contributed by atoms with Crippen molar-refractivity contribution in [3.63, 3.8) is 0 Å². The molecule has 7 nitrogen and oxygen atoms in total. The number of carbonyl (C=O) groups is 1. The van der Waals surface area contributed by atoms with Crippen LogP contribution in [0, 0.1) is 0 Å². The van der Waals surface area contributed by atoms with Crippen molar-refractivity contribution in [2.75, 3.05) is 12.8 Å². The number of aromatic nitrogens is 2. The largest absolute Gasteiger partial charge is 0.459 e. The minimum absolute atomic E-state index is 0.0713. The molecule has 10 heteroatoms. The van der Waals surface area contributed by atoms with Crippen LogP contribution in [0.4, 0.5) is 8.78 Å². The lowest BCUT2D eigenvalue weighted by molar-refractivity contribution is -0.127. The van der Waals surface area contributed by atoms with Gasteiger partial charge in [-0.25, -0.2) is 0 Å². The second-order valence-electron chi connectivity index (χ2n) is 5.41. The average molecular weight is 395 g/mol. The van der Waals surface area contributed by atoms with Crippen LogP contribution in [0.2, 0.25) is 0 Å². The van der Waals surface area contributed by atoms with Gasteiger partial charge in [-0.15, -0.1) is 10.2 Å². The maximum Gasteiger partial charge on any atom is 0.387 e. The summed E-state index contributed by atoms with van der Waals surface area (Å²) >= 11 is 1.12. The topological polar surface area (TPSA) is 81.6 Å². The van der Waals surface area contributed by atoms with Crippen molar-refractivity contribution in [1.82, 2.24) is 15.1 Å². The quantitative estimate of drug-likeness (QED) is 0.538. The van der Waals surface area contributed by atoms with E-state index in [0.717, 1.165) is 17.3 Å². The zero-order chi connectivity index (χ0) is 19.2. The van der Waals surface area contributed by atoms with Crippen molar-refractivity contribution in [2.24, 2.45) is 0 Å². The van der Waals surface area contributed by atoms with E-state index in [1.54, 1.807) is 31.3 Å². The van der Waals surface area contributed by atoms with Gasteiger partial charge in [0.25, 0.3) is 11.1 Å². The molecule has 2 aromatic heterocycles. The zero-order valence-corrected chi connectivity index (χ0v) is 15.0. The van der Waals surface area contributed by atoms with Crippen LogP contribution in [-0.4, -0.2) is 40.4 Å². The van der Waals surface area contributed by atoms with Gasteiger partial charge in [0.1, 0.15) is 5.75 Å². The number of amides is 1. The number of halogens is 2. The van der Waals surface area contributed by atoms with Gasteiger partial charge < -0.3 is 18.5 Å². The van der Waals surface area contributed by atoms with Crippen LogP contribution >= 0.6 is 11.8 Å². The summed E-state index contributed by atoms with van der Waals surface area (Å²) in [5, 5.41) is 7.98. The highest BCUT2D eigenvalue weighted by Gasteiger charge is 2.15. The standard InChI is InChI=1S/C17H15F2N3O4S/c1-22(9-11-4-6-12(7-5-11)25-16(18)19)14(23)10-27-17-21-20-15(26-17)13-3-2-8-24-13/h2-8,16H,9-10H2,1H3. The fraction of sp³-hybridized carbons (Fsp3) is 0.235. The van der Waals surface area contributed by atoms with E-state index in [0.29, 0.717) is 12.3 Å². The molecule has 0 atom stereocenters. The van der Waals surface area contributed by atoms with Gasteiger partial charge in [-0.2, -0.15) is 8.78 Å². The van der Waals surface area contributed by atoms with Gasteiger partial charge in [0, 0.05) is 13.6 Å². The summed E-state index contributed by atoms with van der Waals surface area (Å²) in [6, 6.07) is 9.52. The van der Waals surface area contributed by atoms with E-state index < -0.39 is 6.61 Å². The number of rotatable bonds is 8. The third-order valence-corrected chi connectivity index (χ3v) is 4.25. The number of hydrogen-bond acceptors (Lipinski definition) is 7. The van der Waals surface area contributed by atoms with Crippen LogP contribution in [0.5, 0.6) is 5.75 Å². The van der Waals surface area contributed by atoms with E-state index in [2.05, 4.69) is 14.9 Å². The van der Waals surface area contributed by atoms with Gasteiger partial charge >= 0.3 is 6.61 Å². The molecule has 142 valence electrons. The third-order valence-electron chi connectivity index (χ3n) is 3.45. The first-order valence-corrected chi connectivity index (χ1v) is 8.77. The van der Waals surface area contributed by atoms with Crippen molar-refractivity contribution >= 4 is 17.7 Å². The number of benzene rings is 1. The lowest BCUT2D eigenvalue weighted by Crippen LogP contribution is -2.27. The van der Waals surface area contributed by atoms with Crippen LogP contribution in [0.25, 0.3) is 11.7 Å². The summed E-state index contributed by atoms with van der Waals surface area (Å²) in [6.07, 6.45) is 1.50. The predicted octanol–water partition coefficient (Wildman–Crippen LogP) is 3.68. The molecule has 3 rings (SSSR count). The molecule has 0 unspecified atom stereocenters. The van der Waals surface area contributed by atoms with Gasteiger partial charge in [0.15, 0.2) is 5.76 Å². The molecule has 27 heavy (non-hydrogen) atoms. The van der Waals surface area contributed by atoms with E-state index in [-0.39, 0.29) is 28.5 Å². The predicted molar refractivity (Wildman–Crippen MR) is 92.3 cm³/mol. The Kier molecular flexibility index (Phi) is 6.07. The van der Waals surface area contributed by atoms with E-state index in [1.165, 1.54) is 23.3 Å². The third kappa shape index (κ3) is 5.30. The average Bonchev–Trinajstić information content (AvgIpc) is 3.32. The molecule has 0 aliphatic heterocycles. The summed E-state index contributed by atoms with van der Waals surface area (Å²) < 4.78 is 39.2. The van der Waals surface area contributed by atoms with Crippen molar-refractivity contribution in [3.8, 4) is 17.4 Å². The molecule has 0 fully saturated rings. The van der Waals surface area contributed by atoms with Crippen LogP contribution in [0.1, 0.15) is 5.56 Å². The molecule has 0 saturated carbocycles. The van der Waals surface area contributed by atoms with Gasteiger partial charge in [-0.3, -0.25) is 4.79 Å². The van der Waals surface area contributed by atoms with E-state index in [1.807, 2.05) is 0 Å². The van der Waals surface area contributed by atoms with Gasteiger partial charge in [0.05, 0.1) is 12.0 Å². The van der Waals surface area contributed by atoms with Crippen molar-refractivity contribution in [3.05, 3.63) is 48.2 Å². The first-order chi connectivity index (χ1) is 13.0. The SMILES string of the molecule is CN(Cc1ccc(OC(F)F)cc1)C(=O)CSc1nnc(-c2ccco2)o1. The number of thioether (sulfide) groups is 1. The molecule has 1 aromatic carbocycles. The molecule has 0 aliphatic rings. The zero-order valence-electron chi connectivity index (χ0n) is 14.2. The first kappa shape index (κ1) is 18.9. The van der Waals surface area contributed by atoms with Gasteiger partial charge in [-0.1, -0.05) is 23.9 Å². The van der Waals surface area contributed by atoms with Crippen LogP contribution in [0.15, 0.2) is 56.7 Å². The summed E-state index contributed by atoms with van der Waals surface area (Å²) in [6.45, 7) is -2.54. The molecule has 0 spiro atoms. The maximum absolute atomic E-state index is 12.2. The van der Waals surface area contributed by atoms with Crippen molar-refractivity contribution in [2.45, 2.75) is 18.4 Å². The highest BCUT2D eigenvalue weighted by molar-refractivity contribution is 7.99. The molecule has 0 radical (unpaired) electrons. The number of carbonyl (C=O) groups excluding carboxylic acids is 1. The Hall–Kier alpha value is -2.88. The second-order valence-corrected chi connectivity index (χ2v) is 6.34. The summed E-state index contributed by atoms with van der Waals surface area (Å²) in [5.41, 5.74) is 0.787. The Morgan fingerprint density at radius 2 is 2.04 bits per heavy atom. The Bertz CT molecular complexity index is 869. The van der Waals surface area contributed by atoms with Gasteiger partial charge in [0.2, 0.25) is 5.91 Å². The fourth-order valence-corrected chi connectivity index (χ4v) is 2.84. The molecule has 0 bridgehead atoms. The summed E-state index contributed by atoms with van der Waals surface area (Å²) in [5.74, 6) is 0.738. The maximum atomic E-state index is 12.2. The summed E-state index contributed by atoms with van der Waals surface area (Å²) in [4.78, 5) is 13.8. The molecular formula is C17H15F2N3O4S. The van der Waals surface area contributed by atoms with Crippen LogP contribution < -0.4 is 4.74 Å². The summed E-state index contributed by atoms with van der Waals surface area (Å²) in [7, 11) is 1.65. The fourth-order valence-electron chi connectivity index (χ4n) is 2.14. The molecule has 0 saturated heterocycles. The lowest BCUT2D eigenvalue weighted by Gasteiger charge is -2.17. The first-order valence-electron chi connectivity index (χ1n) is 7.79. The minimum Gasteiger partial charge on any atom is -0.459 e. The highest BCUT2D eigenvalue weighted by Crippen LogP contribution is 2.23. The highest BCUT2D eigenvalue weighted by atomic mass is 32.2. The molecule has 1 amide bonds. The minimum atomic E-state index is -2.87. The van der Waals surface area contributed by atoms with E-state index in [9.17, 15) is 13.6 Å². The van der Waals surface area contributed by atoms with E-state index >= 15 is 0 Å². The van der Waals surface area contributed by atoms with E-state index in [4.69, 9.17) is 8.83 Å². The second kappa shape index (κ2) is 8.67. The molecule has 0 aliphatic carbocycles. The normalized spacial score (nSPS) is 11.0. The number of alkyl halides is 2. The van der Waals surface area contributed by atoms with Crippen LogP contribution in [0.3, 0.4) is 0 Å². The Balaban J connectivity index is 1.49. The Labute approximate surface area is 157 Å². The Morgan fingerprint density at radius 1 is 1.26 bits per heavy atom. The van der Waals surface area contributed by atoms with Crippen molar-refractivity contribution in [1.29, 1.82) is 0 Å². The van der Waals surface area contributed by atoms with Crippen LogP contribution in [-0.2, 0) is 11.3 Å². The number of ether oxygens (including phenoxy) is 1. The number of furan rings is 1.